The summed E-state index contributed by atoms with van der Waals surface area (Å²) in [5.74, 6) is -1.25. The number of nitrogens with one attached hydrogen (secondary N) is 1. The summed E-state index contributed by atoms with van der Waals surface area (Å²) in [4.78, 5) is 30.9. The number of nitrogens with zero attached hydrogens (tertiary/aromatic N) is 4. The molecule has 8 nitrogen and oxygen atoms in total. The highest BCUT2D eigenvalue weighted by molar-refractivity contribution is 6.08. The topological polar surface area (TPSA) is 110 Å². The minimum Gasteiger partial charge on any atom is -0.478 e. The van der Waals surface area contributed by atoms with Gasteiger partial charge in [0.05, 0.1) is 5.69 Å². The number of aliphatic carboxylic acids is 1. The minimum atomic E-state index is -1.13. The Kier molecular flexibility index (Phi) is 4.07. The van der Waals surface area contributed by atoms with Crippen molar-refractivity contribution in [3.8, 4) is 5.82 Å². The van der Waals surface area contributed by atoms with Gasteiger partial charge in [0.15, 0.2) is 5.82 Å². The fourth-order valence-corrected chi connectivity index (χ4v) is 1.54. The van der Waals surface area contributed by atoms with Gasteiger partial charge in [-0.15, -0.1) is 0 Å². The standard InChI is InChI=1S/C13H13N5O3/c1-8(9(2)13(20)21)12(19)17-10-4-3-5-15-11(10)18-7-14-6-16-18/h3-7H,1-2H3,(H,17,19)(H,20,21). The largest absolute Gasteiger partial charge is 0.478 e. The Labute approximate surface area is 120 Å². The van der Waals surface area contributed by atoms with Crippen molar-refractivity contribution in [3.63, 3.8) is 0 Å². The molecule has 0 atom stereocenters. The first-order chi connectivity index (χ1) is 10.0. The lowest BCUT2D eigenvalue weighted by Crippen LogP contribution is -2.18. The molecule has 21 heavy (non-hydrogen) atoms. The maximum Gasteiger partial charge on any atom is 0.331 e. The number of amides is 1. The molecule has 2 rings (SSSR count). The number of anilines is 1. The van der Waals surface area contributed by atoms with Crippen molar-refractivity contribution in [1.82, 2.24) is 19.7 Å². The Morgan fingerprint density at radius 3 is 2.67 bits per heavy atom. The first-order valence-corrected chi connectivity index (χ1v) is 6.03. The maximum absolute atomic E-state index is 12.1. The number of carboxylic acid groups (broad SMARTS) is 1. The van der Waals surface area contributed by atoms with Crippen LogP contribution in [0.3, 0.4) is 0 Å². The summed E-state index contributed by atoms with van der Waals surface area (Å²) in [6.45, 7) is 2.82. The maximum atomic E-state index is 12.1. The predicted molar refractivity (Wildman–Crippen MR) is 73.8 cm³/mol. The smallest absolute Gasteiger partial charge is 0.331 e. The summed E-state index contributed by atoms with van der Waals surface area (Å²) in [5.41, 5.74) is 0.514. The summed E-state index contributed by atoms with van der Waals surface area (Å²) in [7, 11) is 0. The average Bonchev–Trinajstić information content (AvgIpc) is 3.00. The molecule has 0 saturated carbocycles. The van der Waals surface area contributed by atoms with Gasteiger partial charge in [0.1, 0.15) is 12.7 Å². The second-order valence-corrected chi connectivity index (χ2v) is 4.22. The number of carbonyl (C=O) groups excluding carboxylic acids is 1. The van der Waals surface area contributed by atoms with Crippen LogP contribution in [0.5, 0.6) is 0 Å². The molecule has 0 aliphatic carbocycles. The second kappa shape index (κ2) is 5.95. The van der Waals surface area contributed by atoms with Crippen LogP contribution in [-0.2, 0) is 9.59 Å². The van der Waals surface area contributed by atoms with E-state index in [0.717, 1.165) is 0 Å². The number of carboxylic acids is 1. The molecule has 0 unspecified atom stereocenters. The van der Waals surface area contributed by atoms with Crippen molar-refractivity contribution >= 4 is 17.6 Å². The molecule has 0 spiro atoms. The summed E-state index contributed by atoms with van der Waals surface area (Å²) < 4.78 is 1.40. The number of carbonyl (C=O) groups is 2. The van der Waals surface area contributed by atoms with Crippen molar-refractivity contribution in [3.05, 3.63) is 42.1 Å². The van der Waals surface area contributed by atoms with Crippen molar-refractivity contribution in [1.29, 1.82) is 0 Å². The van der Waals surface area contributed by atoms with Crippen molar-refractivity contribution < 1.29 is 14.7 Å². The van der Waals surface area contributed by atoms with Gasteiger partial charge in [-0.25, -0.2) is 19.4 Å². The lowest BCUT2D eigenvalue weighted by molar-refractivity contribution is -0.133. The number of rotatable bonds is 4. The molecule has 8 heteroatoms. The fourth-order valence-electron chi connectivity index (χ4n) is 1.54. The van der Waals surface area contributed by atoms with Gasteiger partial charge in [0.25, 0.3) is 5.91 Å². The zero-order chi connectivity index (χ0) is 15.4. The molecular formula is C13H13N5O3. The van der Waals surface area contributed by atoms with Gasteiger partial charge in [-0.1, -0.05) is 0 Å². The van der Waals surface area contributed by atoms with Crippen LogP contribution in [0.15, 0.2) is 42.1 Å². The molecule has 0 fully saturated rings. The molecule has 2 heterocycles. The van der Waals surface area contributed by atoms with Crippen molar-refractivity contribution in [2.24, 2.45) is 0 Å². The zero-order valence-electron chi connectivity index (χ0n) is 11.4. The Morgan fingerprint density at radius 2 is 2.05 bits per heavy atom. The molecule has 0 radical (unpaired) electrons. The third-order valence-electron chi connectivity index (χ3n) is 2.89. The van der Waals surface area contributed by atoms with Crippen LogP contribution in [0, 0.1) is 0 Å². The summed E-state index contributed by atoms with van der Waals surface area (Å²) in [6.07, 6.45) is 4.35. The Balaban J connectivity index is 2.31. The van der Waals surface area contributed by atoms with Crippen LogP contribution in [-0.4, -0.2) is 36.7 Å². The van der Waals surface area contributed by atoms with Crippen molar-refractivity contribution in [2.45, 2.75) is 13.8 Å². The van der Waals surface area contributed by atoms with Crippen LogP contribution in [0.1, 0.15) is 13.8 Å². The number of hydrogen-bond donors (Lipinski definition) is 2. The molecular weight excluding hydrogens is 274 g/mol. The third kappa shape index (κ3) is 3.11. The van der Waals surface area contributed by atoms with Gasteiger partial charge in [-0.2, -0.15) is 5.10 Å². The van der Waals surface area contributed by atoms with Gasteiger partial charge in [0.2, 0.25) is 0 Å². The predicted octanol–water partition coefficient (Wildman–Crippen LogP) is 1.02. The SMILES string of the molecule is CC(C(=O)O)=C(C)C(=O)Nc1cccnc1-n1cncn1. The summed E-state index contributed by atoms with van der Waals surface area (Å²) in [5, 5.41) is 15.5. The van der Waals surface area contributed by atoms with Gasteiger partial charge < -0.3 is 10.4 Å². The van der Waals surface area contributed by atoms with E-state index in [4.69, 9.17) is 5.11 Å². The van der Waals surface area contributed by atoms with Crippen LogP contribution in [0.25, 0.3) is 5.82 Å². The van der Waals surface area contributed by atoms with Gasteiger partial charge in [-0.05, 0) is 26.0 Å². The highest BCUT2D eigenvalue weighted by atomic mass is 16.4. The molecule has 2 aromatic heterocycles. The Bertz CT molecular complexity index is 706. The number of pyridine rings is 1. The van der Waals surface area contributed by atoms with E-state index in [9.17, 15) is 9.59 Å². The Morgan fingerprint density at radius 1 is 1.29 bits per heavy atom. The highest BCUT2D eigenvalue weighted by Gasteiger charge is 2.15. The molecule has 0 aromatic carbocycles. The normalized spacial score (nSPS) is 11.7. The summed E-state index contributed by atoms with van der Waals surface area (Å²) in [6, 6.07) is 3.30. The molecule has 108 valence electrons. The van der Waals surface area contributed by atoms with E-state index < -0.39 is 11.9 Å². The van der Waals surface area contributed by atoms with Gasteiger partial charge in [0, 0.05) is 17.3 Å². The van der Waals surface area contributed by atoms with E-state index in [1.807, 2.05) is 0 Å². The van der Waals surface area contributed by atoms with Crippen LogP contribution >= 0.6 is 0 Å². The molecule has 2 aromatic rings. The number of aromatic nitrogens is 4. The molecule has 0 aliphatic rings. The monoisotopic (exact) mass is 287 g/mol. The van der Waals surface area contributed by atoms with Crippen LogP contribution in [0.4, 0.5) is 5.69 Å². The zero-order valence-corrected chi connectivity index (χ0v) is 11.4. The van der Waals surface area contributed by atoms with E-state index >= 15 is 0 Å². The highest BCUT2D eigenvalue weighted by Crippen LogP contribution is 2.17. The Hall–Kier alpha value is -3.03. The van der Waals surface area contributed by atoms with E-state index in [2.05, 4.69) is 20.4 Å². The van der Waals surface area contributed by atoms with Gasteiger partial charge >= 0.3 is 5.97 Å². The summed E-state index contributed by atoms with van der Waals surface area (Å²) >= 11 is 0. The van der Waals surface area contributed by atoms with E-state index in [0.29, 0.717) is 11.5 Å². The van der Waals surface area contributed by atoms with E-state index in [1.165, 1.54) is 31.2 Å². The molecule has 0 saturated heterocycles. The lowest BCUT2D eigenvalue weighted by atomic mass is 10.1. The molecule has 2 N–H and O–H groups in total. The average molecular weight is 287 g/mol. The van der Waals surface area contributed by atoms with Crippen molar-refractivity contribution in [2.75, 3.05) is 5.32 Å². The number of hydrogen-bond acceptors (Lipinski definition) is 5. The van der Waals surface area contributed by atoms with E-state index in [-0.39, 0.29) is 11.1 Å². The fraction of sp³-hybridized carbons (Fsp3) is 0.154. The molecule has 0 aliphatic heterocycles. The first-order valence-electron chi connectivity index (χ1n) is 6.03. The van der Waals surface area contributed by atoms with Gasteiger partial charge in [-0.3, -0.25) is 4.79 Å². The van der Waals surface area contributed by atoms with Crippen LogP contribution < -0.4 is 5.32 Å². The third-order valence-corrected chi connectivity index (χ3v) is 2.89. The molecule has 0 bridgehead atoms. The minimum absolute atomic E-state index is 0.0151. The second-order valence-electron chi connectivity index (χ2n) is 4.22. The quantitative estimate of drug-likeness (QED) is 0.812. The molecule has 1 amide bonds. The van der Waals surface area contributed by atoms with E-state index in [1.54, 1.807) is 18.3 Å². The lowest BCUT2D eigenvalue weighted by Gasteiger charge is -2.10. The first kappa shape index (κ1) is 14.4. The van der Waals surface area contributed by atoms with Crippen LogP contribution in [0.2, 0.25) is 0 Å².